The molecular weight excluding hydrogens is 662 g/mol. The van der Waals surface area contributed by atoms with Crippen molar-refractivity contribution >= 4 is 56.2 Å². The monoisotopic (exact) mass is 701 g/mol. The van der Waals surface area contributed by atoms with Crippen LogP contribution in [-0.2, 0) is 21.4 Å². The Morgan fingerprint density at radius 2 is 1.80 bits per heavy atom. The van der Waals surface area contributed by atoms with Gasteiger partial charge in [0.25, 0.3) is 0 Å². The number of thiazole rings is 1. The molecule has 0 aliphatic carbocycles. The van der Waals surface area contributed by atoms with E-state index in [2.05, 4.69) is 4.90 Å². The molecule has 0 spiro atoms. The van der Waals surface area contributed by atoms with Crippen LogP contribution in [0, 0.1) is 6.92 Å². The number of fused-ring (bicyclic) bond motifs is 2. The van der Waals surface area contributed by atoms with Gasteiger partial charge in [0, 0.05) is 55.2 Å². The summed E-state index contributed by atoms with van der Waals surface area (Å²) < 4.78 is 8.80. The van der Waals surface area contributed by atoms with Crippen molar-refractivity contribution in [2.45, 2.75) is 71.1 Å². The number of aromatic nitrogens is 5. The molecule has 0 radical (unpaired) electrons. The lowest BCUT2D eigenvalue weighted by Crippen LogP contribution is -2.61. The lowest BCUT2D eigenvalue weighted by Gasteiger charge is -2.47. The van der Waals surface area contributed by atoms with Crippen molar-refractivity contribution in [3.8, 4) is 21.8 Å². The lowest BCUT2D eigenvalue weighted by atomic mass is 9.91. The summed E-state index contributed by atoms with van der Waals surface area (Å²) in [5, 5.41) is 16.6. The third-order valence-electron chi connectivity index (χ3n) is 9.54. The molecule has 0 saturated carbocycles. The average molecular weight is 702 g/mol. The number of benzene rings is 2. The van der Waals surface area contributed by atoms with Gasteiger partial charge in [0.1, 0.15) is 16.2 Å². The fourth-order valence-electron chi connectivity index (χ4n) is 7.06. The summed E-state index contributed by atoms with van der Waals surface area (Å²) >= 11 is 7.73. The number of carboxylic acid groups (broad SMARTS) is 1. The predicted molar refractivity (Wildman–Crippen MR) is 191 cm³/mol. The largest absolute Gasteiger partial charge is 0.479 e. The Bertz CT molecular complexity index is 2070. The molecule has 3 aromatic heterocycles. The van der Waals surface area contributed by atoms with E-state index >= 15 is 0 Å². The van der Waals surface area contributed by atoms with E-state index in [1.54, 1.807) is 29.9 Å². The molecule has 1 amide bonds. The molecule has 2 fully saturated rings. The van der Waals surface area contributed by atoms with E-state index in [0.29, 0.717) is 27.3 Å². The first-order valence-corrected chi connectivity index (χ1v) is 17.8. The first kappa shape index (κ1) is 33.5. The summed E-state index contributed by atoms with van der Waals surface area (Å²) in [5.41, 5.74) is 6.08. The lowest BCUT2D eigenvalue weighted by molar-refractivity contribution is -0.160. The van der Waals surface area contributed by atoms with Gasteiger partial charge in [-0.1, -0.05) is 23.7 Å². The number of hydrogen-bond acceptors (Lipinski definition) is 9. The molecule has 1 atom stereocenters. The Morgan fingerprint density at radius 1 is 1.10 bits per heavy atom. The highest BCUT2D eigenvalue weighted by Crippen LogP contribution is 2.44. The fourth-order valence-corrected chi connectivity index (χ4v) is 8.26. The maximum atomic E-state index is 12.7. The molecule has 5 heterocycles. The molecule has 5 aromatic rings. The molecule has 1 N–H and O–H groups in total. The molecular formula is C36H40ClN7O4S. The number of likely N-dealkylation sites (tertiary alicyclic amines) is 2. The topological polar surface area (TPSA) is 127 Å². The van der Waals surface area contributed by atoms with Gasteiger partial charge >= 0.3 is 5.97 Å². The number of carbonyl (C=O) groups excluding carboxylic acids is 1. The van der Waals surface area contributed by atoms with Crippen molar-refractivity contribution in [2.75, 3.05) is 26.2 Å². The second-order valence-electron chi connectivity index (χ2n) is 14.1. The number of carboxylic acids is 1. The zero-order chi connectivity index (χ0) is 34.8. The maximum Gasteiger partial charge on any atom is 0.337 e. The van der Waals surface area contributed by atoms with E-state index in [-0.39, 0.29) is 11.8 Å². The highest BCUT2D eigenvalue weighted by atomic mass is 35.5. The quantitative estimate of drug-likeness (QED) is 0.199. The number of carbonyl (C=O) groups is 2. The SMILES string of the molecule is CC(=O)N1CC(N2CCC(c3nn(C)c4ncc(-c5nc6cc(C)c(C(OC(C)(C)C)C(=O)O)c(-c7ccc(Cl)cc7)c6s5)nc34)CC2)C1. The van der Waals surface area contributed by atoms with Crippen LogP contribution in [-0.4, -0.2) is 89.3 Å². The third-order valence-corrected chi connectivity index (χ3v) is 10.9. The van der Waals surface area contributed by atoms with Crippen molar-refractivity contribution in [2.24, 2.45) is 7.05 Å². The second-order valence-corrected chi connectivity index (χ2v) is 15.6. The van der Waals surface area contributed by atoms with E-state index in [9.17, 15) is 14.7 Å². The molecule has 1 unspecified atom stereocenters. The number of rotatable bonds is 7. The summed E-state index contributed by atoms with van der Waals surface area (Å²) in [4.78, 5) is 43.7. The number of aliphatic carboxylic acids is 1. The number of ether oxygens (including phenoxy) is 1. The number of piperidine rings is 1. The van der Waals surface area contributed by atoms with Crippen LogP contribution in [0.5, 0.6) is 0 Å². The highest BCUT2D eigenvalue weighted by Gasteiger charge is 2.37. The van der Waals surface area contributed by atoms with Crippen molar-refractivity contribution in [1.29, 1.82) is 0 Å². The van der Waals surface area contributed by atoms with Gasteiger partial charge in [-0.15, -0.1) is 11.3 Å². The van der Waals surface area contributed by atoms with Crippen LogP contribution in [0.3, 0.4) is 0 Å². The van der Waals surface area contributed by atoms with Crippen molar-refractivity contribution in [3.63, 3.8) is 0 Å². The molecule has 2 aliphatic heterocycles. The molecule has 2 saturated heterocycles. The van der Waals surface area contributed by atoms with Gasteiger partial charge in [0.2, 0.25) is 5.91 Å². The molecule has 7 rings (SSSR count). The number of hydrogen-bond donors (Lipinski definition) is 1. The molecule has 256 valence electrons. The second kappa shape index (κ2) is 12.7. The molecule has 2 aliphatic rings. The Labute approximate surface area is 293 Å². The van der Waals surface area contributed by atoms with Crippen LogP contribution >= 0.6 is 22.9 Å². The summed E-state index contributed by atoms with van der Waals surface area (Å²) in [6, 6.07) is 9.77. The van der Waals surface area contributed by atoms with Gasteiger partial charge in [0.15, 0.2) is 11.8 Å². The Balaban J connectivity index is 1.27. The number of aryl methyl sites for hydroxylation is 2. The minimum Gasteiger partial charge on any atom is -0.479 e. The molecule has 11 nitrogen and oxygen atoms in total. The molecule has 49 heavy (non-hydrogen) atoms. The minimum atomic E-state index is -1.20. The van der Waals surface area contributed by atoms with Crippen molar-refractivity contribution in [1.82, 2.24) is 34.5 Å². The number of amides is 1. The Morgan fingerprint density at radius 3 is 2.43 bits per heavy atom. The van der Waals surface area contributed by atoms with Crippen molar-refractivity contribution < 1.29 is 19.4 Å². The van der Waals surface area contributed by atoms with Crippen LogP contribution in [0.15, 0.2) is 36.5 Å². The molecule has 2 aromatic carbocycles. The maximum absolute atomic E-state index is 12.7. The number of nitrogens with zero attached hydrogens (tertiary/aromatic N) is 7. The Kier molecular flexibility index (Phi) is 8.71. The summed E-state index contributed by atoms with van der Waals surface area (Å²) in [6.07, 6.45) is 2.47. The number of halogens is 1. The standard InChI is InChI=1S/C36H40ClN7O4S/c1-19-15-25-32(28(21-7-9-23(37)10-8-21)27(19)31(35(46)47)48-36(3,4)5)49-34(40-25)26-16-38-33-30(39-26)29(41-42(33)6)22-11-13-43(14-12-22)24-17-44(18-24)20(2)45/h7-10,15-16,22,24,31H,11-14,17-18H2,1-6H3,(H,46,47). The zero-order valence-corrected chi connectivity index (χ0v) is 30.1. The van der Waals surface area contributed by atoms with Crippen LogP contribution < -0.4 is 0 Å². The van der Waals surface area contributed by atoms with E-state index < -0.39 is 17.7 Å². The van der Waals surface area contributed by atoms with E-state index in [1.165, 1.54) is 11.3 Å². The third kappa shape index (κ3) is 6.42. The van der Waals surface area contributed by atoms with Crippen LogP contribution in [0.25, 0.3) is 43.2 Å². The van der Waals surface area contributed by atoms with Gasteiger partial charge in [-0.3, -0.25) is 9.69 Å². The summed E-state index contributed by atoms with van der Waals surface area (Å²) in [6.45, 7) is 12.6. The van der Waals surface area contributed by atoms with Crippen molar-refractivity contribution in [3.05, 3.63) is 58.4 Å². The minimum absolute atomic E-state index is 0.143. The van der Waals surface area contributed by atoms with E-state index in [0.717, 1.165) is 82.8 Å². The van der Waals surface area contributed by atoms with Gasteiger partial charge in [0.05, 0.1) is 27.7 Å². The summed E-state index contributed by atoms with van der Waals surface area (Å²) in [7, 11) is 1.90. The van der Waals surface area contributed by atoms with Gasteiger partial charge in [-0.2, -0.15) is 5.10 Å². The predicted octanol–water partition coefficient (Wildman–Crippen LogP) is 6.62. The molecule has 13 heteroatoms. The first-order chi connectivity index (χ1) is 23.3. The van der Waals surface area contributed by atoms with E-state index in [4.69, 9.17) is 36.4 Å². The highest BCUT2D eigenvalue weighted by molar-refractivity contribution is 7.22. The normalized spacial score (nSPS) is 17.2. The average Bonchev–Trinajstić information content (AvgIpc) is 3.59. The fraction of sp³-hybridized carbons (Fsp3) is 0.444. The smallest absolute Gasteiger partial charge is 0.337 e. The molecule has 0 bridgehead atoms. The van der Waals surface area contributed by atoms with E-state index in [1.807, 2.05) is 57.8 Å². The van der Waals surface area contributed by atoms with Gasteiger partial charge < -0.3 is 14.7 Å². The van der Waals surface area contributed by atoms with Crippen LogP contribution in [0.2, 0.25) is 5.02 Å². The zero-order valence-electron chi connectivity index (χ0n) is 28.5. The van der Waals surface area contributed by atoms with Gasteiger partial charge in [-0.25, -0.2) is 24.4 Å². The van der Waals surface area contributed by atoms with Crippen LogP contribution in [0.4, 0.5) is 0 Å². The summed E-state index contributed by atoms with van der Waals surface area (Å²) in [5.74, 6) is -0.667. The van der Waals surface area contributed by atoms with Gasteiger partial charge in [-0.05, 0) is 83.0 Å². The Hall–Kier alpha value is -3.97. The first-order valence-electron chi connectivity index (χ1n) is 16.6. The van der Waals surface area contributed by atoms with Crippen LogP contribution in [0.1, 0.15) is 69.4 Å².